The SMILES string of the molecule is CCNCc1ccc(-n2nc(C)c(CC)c2C)c(Cl)c1. The zero-order valence-corrected chi connectivity index (χ0v) is 13.4. The predicted octanol–water partition coefficient (Wildman–Crippen LogP) is 3.81. The molecular formula is C16H22ClN3. The van der Waals surface area contributed by atoms with Crippen LogP contribution < -0.4 is 5.32 Å². The van der Waals surface area contributed by atoms with Gasteiger partial charge >= 0.3 is 0 Å². The summed E-state index contributed by atoms with van der Waals surface area (Å²) in [6.45, 7) is 10.2. The number of aryl methyl sites for hydroxylation is 1. The smallest absolute Gasteiger partial charge is 0.0835 e. The fourth-order valence-corrected chi connectivity index (χ4v) is 2.81. The topological polar surface area (TPSA) is 29.9 Å². The van der Waals surface area contributed by atoms with E-state index in [1.807, 2.05) is 16.8 Å². The van der Waals surface area contributed by atoms with Crippen LogP contribution in [0.4, 0.5) is 0 Å². The molecule has 20 heavy (non-hydrogen) atoms. The van der Waals surface area contributed by atoms with Crippen molar-refractivity contribution in [2.24, 2.45) is 0 Å². The zero-order chi connectivity index (χ0) is 14.7. The number of aromatic nitrogens is 2. The fourth-order valence-electron chi connectivity index (χ4n) is 2.52. The molecule has 0 saturated heterocycles. The van der Waals surface area contributed by atoms with Gasteiger partial charge in [-0.15, -0.1) is 0 Å². The van der Waals surface area contributed by atoms with E-state index in [0.717, 1.165) is 35.9 Å². The van der Waals surface area contributed by atoms with Gasteiger partial charge < -0.3 is 5.32 Å². The lowest BCUT2D eigenvalue weighted by Crippen LogP contribution is -2.12. The maximum atomic E-state index is 6.43. The Balaban J connectivity index is 2.38. The molecule has 1 aromatic heterocycles. The van der Waals surface area contributed by atoms with Crippen molar-refractivity contribution in [1.29, 1.82) is 0 Å². The summed E-state index contributed by atoms with van der Waals surface area (Å²) in [5.41, 5.74) is 5.70. The van der Waals surface area contributed by atoms with E-state index >= 15 is 0 Å². The van der Waals surface area contributed by atoms with E-state index in [0.29, 0.717) is 0 Å². The molecule has 1 aromatic carbocycles. The van der Waals surface area contributed by atoms with Gasteiger partial charge in [0.1, 0.15) is 0 Å². The van der Waals surface area contributed by atoms with E-state index in [1.165, 1.54) is 16.8 Å². The lowest BCUT2D eigenvalue weighted by Gasteiger charge is -2.10. The lowest BCUT2D eigenvalue weighted by atomic mass is 10.1. The maximum Gasteiger partial charge on any atom is 0.0835 e. The highest BCUT2D eigenvalue weighted by Gasteiger charge is 2.13. The van der Waals surface area contributed by atoms with Crippen molar-refractivity contribution in [2.75, 3.05) is 6.54 Å². The molecule has 0 aliphatic rings. The third kappa shape index (κ3) is 2.89. The van der Waals surface area contributed by atoms with Crippen molar-refractivity contribution < 1.29 is 0 Å². The Labute approximate surface area is 126 Å². The molecule has 0 saturated carbocycles. The van der Waals surface area contributed by atoms with Gasteiger partial charge in [-0.05, 0) is 50.1 Å². The van der Waals surface area contributed by atoms with Crippen molar-refractivity contribution >= 4 is 11.6 Å². The summed E-state index contributed by atoms with van der Waals surface area (Å²) in [5.74, 6) is 0. The Morgan fingerprint density at radius 2 is 2.00 bits per heavy atom. The maximum absolute atomic E-state index is 6.43. The first kappa shape index (κ1) is 15.1. The van der Waals surface area contributed by atoms with Crippen LogP contribution in [0.3, 0.4) is 0 Å². The minimum atomic E-state index is 0.744. The standard InChI is InChI=1S/C16H22ClN3/c1-5-14-11(3)19-20(12(14)4)16-8-7-13(9-15(16)17)10-18-6-2/h7-9,18H,5-6,10H2,1-4H3. The van der Waals surface area contributed by atoms with Crippen LogP contribution in [0.1, 0.15) is 36.4 Å². The highest BCUT2D eigenvalue weighted by Crippen LogP contribution is 2.25. The van der Waals surface area contributed by atoms with Crippen molar-refractivity contribution in [2.45, 2.75) is 40.7 Å². The highest BCUT2D eigenvalue weighted by molar-refractivity contribution is 6.32. The monoisotopic (exact) mass is 291 g/mol. The van der Waals surface area contributed by atoms with Gasteiger partial charge in [0.05, 0.1) is 16.4 Å². The summed E-state index contributed by atoms with van der Waals surface area (Å²) >= 11 is 6.43. The molecule has 0 radical (unpaired) electrons. The Morgan fingerprint density at radius 3 is 2.55 bits per heavy atom. The van der Waals surface area contributed by atoms with E-state index in [9.17, 15) is 0 Å². The van der Waals surface area contributed by atoms with E-state index in [1.54, 1.807) is 0 Å². The normalized spacial score (nSPS) is 11.1. The van der Waals surface area contributed by atoms with Crippen LogP contribution in [-0.4, -0.2) is 16.3 Å². The molecule has 0 aliphatic heterocycles. The molecule has 0 aliphatic carbocycles. The van der Waals surface area contributed by atoms with Crippen molar-refractivity contribution in [3.05, 3.63) is 45.7 Å². The molecule has 0 amide bonds. The Bertz CT molecular complexity index is 602. The molecule has 2 rings (SSSR count). The Kier molecular flexibility index (Phi) is 4.84. The summed E-state index contributed by atoms with van der Waals surface area (Å²) in [7, 11) is 0. The van der Waals surface area contributed by atoms with Gasteiger partial charge in [0.15, 0.2) is 0 Å². The molecule has 0 spiro atoms. The number of nitrogens with one attached hydrogen (secondary N) is 1. The highest BCUT2D eigenvalue weighted by atomic mass is 35.5. The number of halogens is 1. The Morgan fingerprint density at radius 1 is 1.25 bits per heavy atom. The van der Waals surface area contributed by atoms with Gasteiger partial charge in [-0.2, -0.15) is 5.10 Å². The summed E-state index contributed by atoms with van der Waals surface area (Å²) in [5, 5.41) is 8.67. The number of rotatable bonds is 5. The first-order chi connectivity index (χ1) is 9.58. The molecule has 1 N–H and O–H groups in total. The summed E-state index contributed by atoms with van der Waals surface area (Å²) < 4.78 is 1.95. The van der Waals surface area contributed by atoms with Crippen molar-refractivity contribution in [1.82, 2.24) is 15.1 Å². The number of hydrogen-bond acceptors (Lipinski definition) is 2. The summed E-state index contributed by atoms with van der Waals surface area (Å²) in [6.07, 6.45) is 0.994. The minimum Gasteiger partial charge on any atom is -0.313 e. The van der Waals surface area contributed by atoms with Crippen LogP contribution in [0.25, 0.3) is 5.69 Å². The van der Waals surface area contributed by atoms with Gasteiger partial charge in [0, 0.05) is 12.2 Å². The number of benzene rings is 1. The molecule has 3 nitrogen and oxygen atoms in total. The van der Waals surface area contributed by atoms with Gasteiger partial charge in [-0.1, -0.05) is 31.5 Å². The van der Waals surface area contributed by atoms with Crippen LogP contribution >= 0.6 is 11.6 Å². The first-order valence-electron chi connectivity index (χ1n) is 7.13. The predicted molar refractivity (Wildman–Crippen MR) is 84.8 cm³/mol. The largest absolute Gasteiger partial charge is 0.313 e. The molecule has 108 valence electrons. The molecule has 4 heteroatoms. The number of hydrogen-bond donors (Lipinski definition) is 1. The molecule has 0 unspecified atom stereocenters. The molecule has 0 fully saturated rings. The van der Waals surface area contributed by atoms with Gasteiger partial charge in [-0.3, -0.25) is 0 Å². The summed E-state index contributed by atoms with van der Waals surface area (Å²) in [4.78, 5) is 0. The second-order valence-corrected chi connectivity index (χ2v) is 5.39. The van der Waals surface area contributed by atoms with Crippen LogP contribution in [-0.2, 0) is 13.0 Å². The van der Waals surface area contributed by atoms with E-state index < -0.39 is 0 Å². The van der Waals surface area contributed by atoms with Crippen molar-refractivity contribution in [3.8, 4) is 5.69 Å². The molecular weight excluding hydrogens is 270 g/mol. The van der Waals surface area contributed by atoms with Gasteiger partial charge in [-0.25, -0.2) is 4.68 Å². The zero-order valence-electron chi connectivity index (χ0n) is 12.6. The average molecular weight is 292 g/mol. The lowest BCUT2D eigenvalue weighted by molar-refractivity contribution is 0.726. The third-order valence-electron chi connectivity index (χ3n) is 3.61. The minimum absolute atomic E-state index is 0.744. The third-order valence-corrected chi connectivity index (χ3v) is 3.92. The van der Waals surface area contributed by atoms with Crippen LogP contribution in [0.2, 0.25) is 5.02 Å². The van der Waals surface area contributed by atoms with Crippen molar-refractivity contribution in [3.63, 3.8) is 0 Å². The second-order valence-electron chi connectivity index (χ2n) is 4.98. The average Bonchev–Trinajstić information content (AvgIpc) is 2.71. The second kappa shape index (κ2) is 6.42. The quantitative estimate of drug-likeness (QED) is 0.908. The fraction of sp³-hybridized carbons (Fsp3) is 0.438. The molecule has 2 aromatic rings. The summed E-state index contributed by atoms with van der Waals surface area (Å²) in [6, 6.07) is 6.17. The van der Waals surface area contributed by atoms with Crippen LogP contribution in [0, 0.1) is 13.8 Å². The van der Waals surface area contributed by atoms with E-state index in [2.05, 4.69) is 44.2 Å². The van der Waals surface area contributed by atoms with Gasteiger partial charge in [0.2, 0.25) is 0 Å². The van der Waals surface area contributed by atoms with E-state index in [-0.39, 0.29) is 0 Å². The van der Waals surface area contributed by atoms with E-state index in [4.69, 9.17) is 11.6 Å². The van der Waals surface area contributed by atoms with Gasteiger partial charge in [0.25, 0.3) is 0 Å². The van der Waals surface area contributed by atoms with Crippen LogP contribution in [0.5, 0.6) is 0 Å². The van der Waals surface area contributed by atoms with Crippen LogP contribution in [0.15, 0.2) is 18.2 Å². The molecule has 1 heterocycles. The Hall–Kier alpha value is -1.32. The molecule has 0 bridgehead atoms. The number of nitrogens with zero attached hydrogens (tertiary/aromatic N) is 2. The molecule has 0 atom stereocenters. The first-order valence-corrected chi connectivity index (χ1v) is 7.50.